The number of carbonyl (C=O) groups excluding carboxylic acids is 5. The molecule has 0 radical (unpaired) electrons. The van der Waals surface area contributed by atoms with E-state index in [9.17, 15) is 24.0 Å². The van der Waals surface area contributed by atoms with E-state index in [-0.39, 0.29) is 52.9 Å². The molecule has 3 aliphatic rings. The van der Waals surface area contributed by atoms with Crippen molar-refractivity contribution in [2.24, 2.45) is 35.0 Å². The first kappa shape index (κ1) is 33.9. The van der Waals surface area contributed by atoms with Gasteiger partial charge in [-0.05, 0) is 66.6 Å². The number of benzene rings is 1. The average molecular weight is 642 g/mol. The van der Waals surface area contributed by atoms with E-state index in [1.54, 1.807) is 49.5 Å². The van der Waals surface area contributed by atoms with Gasteiger partial charge in [0.2, 0.25) is 5.78 Å². The number of Topliss-reactive ketones (excluding diaryl/α,β-unsaturated/α-hetero) is 2. The molecule has 5 rings (SSSR count). The van der Waals surface area contributed by atoms with Crippen LogP contribution in [0.25, 0.3) is 0 Å². The van der Waals surface area contributed by atoms with Gasteiger partial charge in [-0.1, -0.05) is 63.8 Å². The quantitative estimate of drug-likeness (QED) is 0.152. The molecule has 2 saturated carbocycles. The first-order valence-electron chi connectivity index (χ1n) is 16.1. The third-order valence-corrected chi connectivity index (χ3v) is 10.5. The van der Waals surface area contributed by atoms with Crippen LogP contribution in [0, 0.1) is 35.0 Å². The summed E-state index contributed by atoms with van der Waals surface area (Å²) in [5.41, 5.74) is -0.578. The largest absolute Gasteiger partial charge is 0.457 e. The molecule has 2 fully saturated rings. The lowest BCUT2D eigenvalue weighted by atomic mass is 9.72. The normalized spacial score (nSPS) is 31.3. The molecule has 0 N–H and O–H groups in total. The number of carbonyl (C=O) groups is 5. The van der Waals surface area contributed by atoms with E-state index in [1.807, 2.05) is 19.1 Å². The molecule has 1 heterocycles. The fourth-order valence-corrected chi connectivity index (χ4v) is 8.05. The summed E-state index contributed by atoms with van der Waals surface area (Å²) in [5.74, 6) is -4.41. The predicted molar refractivity (Wildman–Crippen MR) is 173 cm³/mol. The van der Waals surface area contributed by atoms with Crippen LogP contribution < -0.4 is 0 Å². The van der Waals surface area contributed by atoms with Crippen LogP contribution in [-0.4, -0.2) is 52.3 Å². The van der Waals surface area contributed by atoms with Crippen molar-refractivity contribution < 1.29 is 38.2 Å². The zero-order valence-electron chi connectivity index (χ0n) is 27.9. The van der Waals surface area contributed by atoms with Gasteiger partial charge in [0.05, 0.1) is 11.5 Å². The molecule has 9 nitrogen and oxygen atoms in total. The Morgan fingerprint density at radius 3 is 2.28 bits per heavy atom. The molecule has 9 heteroatoms. The molecule has 1 aromatic heterocycles. The van der Waals surface area contributed by atoms with Crippen LogP contribution in [0.5, 0.6) is 0 Å². The van der Waals surface area contributed by atoms with Gasteiger partial charge in [0.1, 0.15) is 12.2 Å². The molecule has 2 aromatic rings. The number of hydrogen-bond acceptors (Lipinski definition) is 9. The Labute approximate surface area is 275 Å². The van der Waals surface area contributed by atoms with Gasteiger partial charge in [-0.15, -0.1) is 0 Å². The molecule has 47 heavy (non-hydrogen) atoms. The van der Waals surface area contributed by atoms with E-state index in [4.69, 9.17) is 14.2 Å². The number of hydrogen-bond donors (Lipinski definition) is 0. The van der Waals surface area contributed by atoms with E-state index in [0.29, 0.717) is 17.6 Å². The molecule has 3 aliphatic carbocycles. The zero-order chi connectivity index (χ0) is 34.3. The molecular weight excluding hydrogens is 598 g/mol. The highest BCUT2D eigenvalue weighted by Gasteiger charge is 2.65. The van der Waals surface area contributed by atoms with Gasteiger partial charge in [0.25, 0.3) is 0 Å². The first-order chi connectivity index (χ1) is 22.2. The van der Waals surface area contributed by atoms with Gasteiger partial charge in [-0.25, -0.2) is 4.79 Å². The Bertz CT molecular complexity index is 1610. The Hall–Kier alpha value is -4.40. The predicted octanol–water partition coefficient (Wildman–Crippen LogP) is 6.13. The van der Waals surface area contributed by atoms with Crippen molar-refractivity contribution in [3.05, 3.63) is 89.8 Å². The fourth-order valence-electron chi connectivity index (χ4n) is 8.05. The summed E-state index contributed by atoms with van der Waals surface area (Å²) in [4.78, 5) is 71.6. The number of aromatic nitrogens is 1. The fraction of sp³-hybridized carbons (Fsp3) is 0.474. The lowest BCUT2D eigenvalue weighted by Gasteiger charge is -2.41. The SMILES string of the molecule is C=C1[C@H](OC(=O)c2cccnc2)C[C@H]2[C@H](C=C(C)C(=O)[C@@]3(OC(C)=O)C[C@H](C)[C@H](CC(=O)c4ccccc4)[C@@H]3[C@H]1OC(C)=O)C2(C)C. The van der Waals surface area contributed by atoms with E-state index < -0.39 is 53.3 Å². The molecule has 8 atom stereocenters. The molecule has 0 bridgehead atoms. The highest BCUT2D eigenvalue weighted by atomic mass is 16.6. The Balaban J connectivity index is 1.68. The van der Waals surface area contributed by atoms with Crippen molar-refractivity contribution >= 4 is 29.5 Å². The van der Waals surface area contributed by atoms with Gasteiger partial charge in [0.15, 0.2) is 11.4 Å². The smallest absolute Gasteiger partial charge is 0.340 e. The molecular formula is C38H43NO8. The van der Waals surface area contributed by atoms with Crippen molar-refractivity contribution in [3.63, 3.8) is 0 Å². The Morgan fingerprint density at radius 2 is 1.66 bits per heavy atom. The maximum absolute atomic E-state index is 14.7. The van der Waals surface area contributed by atoms with Crippen molar-refractivity contribution in [2.45, 2.75) is 78.6 Å². The van der Waals surface area contributed by atoms with Crippen molar-refractivity contribution in [3.8, 4) is 0 Å². The van der Waals surface area contributed by atoms with Crippen LogP contribution in [0.4, 0.5) is 0 Å². The third-order valence-electron chi connectivity index (χ3n) is 10.5. The lowest BCUT2D eigenvalue weighted by Crippen LogP contribution is -2.54. The molecule has 0 aliphatic heterocycles. The summed E-state index contributed by atoms with van der Waals surface area (Å²) < 4.78 is 18.3. The second-order valence-electron chi connectivity index (χ2n) is 14.0. The lowest BCUT2D eigenvalue weighted by molar-refractivity contribution is -0.177. The number of rotatable bonds is 7. The summed E-state index contributed by atoms with van der Waals surface area (Å²) >= 11 is 0. The van der Waals surface area contributed by atoms with Gasteiger partial charge in [-0.3, -0.25) is 24.2 Å². The second-order valence-corrected chi connectivity index (χ2v) is 14.0. The van der Waals surface area contributed by atoms with Gasteiger partial charge >= 0.3 is 17.9 Å². The van der Waals surface area contributed by atoms with Gasteiger partial charge in [0, 0.05) is 43.8 Å². The highest BCUT2D eigenvalue weighted by molar-refractivity contribution is 6.03. The van der Waals surface area contributed by atoms with Crippen molar-refractivity contribution in [1.82, 2.24) is 4.98 Å². The van der Waals surface area contributed by atoms with Crippen molar-refractivity contribution in [2.75, 3.05) is 0 Å². The first-order valence-corrected chi connectivity index (χ1v) is 16.1. The van der Waals surface area contributed by atoms with E-state index >= 15 is 0 Å². The van der Waals surface area contributed by atoms with Crippen molar-refractivity contribution in [1.29, 1.82) is 0 Å². The van der Waals surface area contributed by atoms with E-state index in [0.717, 1.165) is 0 Å². The zero-order valence-corrected chi connectivity index (χ0v) is 27.9. The summed E-state index contributed by atoms with van der Waals surface area (Å²) in [6, 6.07) is 12.0. The summed E-state index contributed by atoms with van der Waals surface area (Å²) in [7, 11) is 0. The van der Waals surface area contributed by atoms with E-state index in [1.165, 1.54) is 20.0 Å². The monoisotopic (exact) mass is 641 g/mol. The Kier molecular flexibility index (Phi) is 9.40. The topological polar surface area (TPSA) is 126 Å². The van der Waals surface area contributed by atoms with Crippen LogP contribution in [0.2, 0.25) is 0 Å². The number of pyridine rings is 1. The minimum Gasteiger partial charge on any atom is -0.457 e. The van der Waals surface area contributed by atoms with E-state index in [2.05, 4.69) is 25.4 Å². The minimum absolute atomic E-state index is 0.00162. The second kappa shape index (κ2) is 13.0. The standard InChI is InChI=1S/C38H43NO8/c1-21-16-29-30(37(29,6)7)18-32(46-36(44)27-14-11-15-39-20-27)23(3)34(45-24(4)40)33-28(17-31(42)26-12-9-8-10-13-26)22(2)19-38(33,35(21)43)47-25(5)41/h8-16,20,22,28-30,32-34H,3,17-19H2,1-2,4-7H3/t22-,28-,29-,30-,32+,33+,34-,38+/m0/s1. The number of ether oxygens (including phenoxy) is 3. The van der Waals surface area contributed by atoms with Crippen LogP contribution in [-0.2, 0) is 28.6 Å². The average Bonchev–Trinajstić information content (AvgIpc) is 3.41. The van der Waals surface area contributed by atoms with Crippen LogP contribution in [0.3, 0.4) is 0 Å². The number of fused-ring (bicyclic) bond motifs is 2. The Morgan fingerprint density at radius 1 is 0.979 bits per heavy atom. The summed E-state index contributed by atoms with van der Waals surface area (Å²) in [5, 5.41) is 0. The number of ketones is 2. The molecule has 0 unspecified atom stereocenters. The number of esters is 3. The molecule has 0 amide bonds. The minimum atomic E-state index is -1.77. The maximum atomic E-state index is 14.7. The van der Waals surface area contributed by atoms with Gasteiger partial charge in [-0.2, -0.15) is 0 Å². The molecule has 0 saturated heterocycles. The highest BCUT2D eigenvalue weighted by Crippen LogP contribution is 2.63. The molecule has 1 aromatic carbocycles. The van der Waals surface area contributed by atoms with Crippen LogP contribution in [0.1, 0.15) is 81.5 Å². The third kappa shape index (κ3) is 6.58. The summed E-state index contributed by atoms with van der Waals surface area (Å²) in [6.07, 6.45) is 3.19. The molecule has 0 spiro atoms. The van der Waals surface area contributed by atoms with Crippen LogP contribution in [0.15, 0.2) is 78.7 Å². The number of allylic oxidation sites excluding steroid dienone is 1. The summed E-state index contributed by atoms with van der Waals surface area (Å²) in [6.45, 7) is 14.7. The van der Waals surface area contributed by atoms with Gasteiger partial charge < -0.3 is 14.2 Å². The molecule has 248 valence electrons. The maximum Gasteiger partial charge on any atom is 0.340 e. The van der Waals surface area contributed by atoms with Crippen LogP contribution >= 0.6 is 0 Å². The number of nitrogens with zero attached hydrogens (tertiary/aromatic N) is 1.